The molecule has 1 N–H and O–H groups in total. The van der Waals surface area contributed by atoms with Crippen molar-refractivity contribution in [2.75, 3.05) is 23.3 Å². The van der Waals surface area contributed by atoms with Gasteiger partial charge in [-0.15, -0.1) is 0 Å². The second kappa shape index (κ2) is 8.53. The number of aryl methyl sites for hydroxylation is 3. The molecule has 3 nitrogen and oxygen atoms in total. The number of rotatable bonds is 7. The molecule has 0 radical (unpaired) electrons. The van der Waals surface area contributed by atoms with E-state index in [9.17, 15) is 4.79 Å². The van der Waals surface area contributed by atoms with Crippen molar-refractivity contribution in [1.82, 2.24) is 0 Å². The molecule has 0 aromatic heterocycles. The quantitative estimate of drug-likeness (QED) is 0.799. The summed E-state index contributed by atoms with van der Waals surface area (Å²) >= 11 is 0. The molecule has 0 heterocycles. The van der Waals surface area contributed by atoms with Gasteiger partial charge >= 0.3 is 0 Å². The third-order valence-corrected chi connectivity index (χ3v) is 4.37. The fourth-order valence-corrected chi connectivity index (χ4v) is 2.80. The van der Waals surface area contributed by atoms with E-state index in [0.717, 1.165) is 30.8 Å². The van der Waals surface area contributed by atoms with Crippen LogP contribution in [-0.4, -0.2) is 19.0 Å². The van der Waals surface area contributed by atoms with Crippen LogP contribution in [0.3, 0.4) is 0 Å². The highest BCUT2D eigenvalue weighted by Crippen LogP contribution is 2.23. The molecule has 0 aliphatic carbocycles. The van der Waals surface area contributed by atoms with Crippen LogP contribution in [-0.2, 0) is 11.2 Å². The minimum absolute atomic E-state index is 0.0641. The Morgan fingerprint density at radius 1 is 1.00 bits per heavy atom. The molecule has 3 heteroatoms. The molecular formula is C21H28N2O. The van der Waals surface area contributed by atoms with Crippen LogP contribution in [0.5, 0.6) is 0 Å². The molecule has 0 saturated heterocycles. The fourth-order valence-electron chi connectivity index (χ4n) is 2.80. The highest BCUT2D eigenvalue weighted by molar-refractivity contribution is 5.91. The van der Waals surface area contributed by atoms with Crippen molar-refractivity contribution in [3.63, 3.8) is 0 Å². The van der Waals surface area contributed by atoms with Crippen LogP contribution in [0.15, 0.2) is 42.5 Å². The van der Waals surface area contributed by atoms with Crippen LogP contribution in [0.2, 0.25) is 0 Å². The summed E-state index contributed by atoms with van der Waals surface area (Å²) in [6.45, 7) is 10.4. The SMILES string of the molecule is CCN(CC)c1ccc(NC(=O)CCc2ccc(C)cc2)c(C)c1. The van der Waals surface area contributed by atoms with Crippen molar-refractivity contribution in [2.24, 2.45) is 0 Å². The number of amides is 1. The van der Waals surface area contributed by atoms with Crippen molar-refractivity contribution >= 4 is 17.3 Å². The minimum Gasteiger partial charge on any atom is -0.372 e. The van der Waals surface area contributed by atoms with Crippen LogP contribution in [0, 0.1) is 13.8 Å². The van der Waals surface area contributed by atoms with Gasteiger partial charge in [-0.3, -0.25) is 4.79 Å². The maximum atomic E-state index is 12.2. The Kier molecular flexibility index (Phi) is 6.42. The summed E-state index contributed by atoms with van der Waals surface area (Å²) in [6.07, 6.45) is 1.27. The molecular weight excluding hydrogens is 296 g/mol. The van der Waals surface area contributed by atoms with Gasteiger partial charge in [0.2, 0.25) is 5.91 Å². The van der Waals surface area contributed by atoms with Crippen LogP contribution in [0.1, 0.15) is 37.0 Å². The van der Waals surface area contributed by atoms with E-state index in [1.165, 1.54) is 16.8 Å². The monoisotopic (exact) mass is 324 g/mol. The van der Waals surface area contributed by atoms with E-state index in [1.807, 2.05) is 13.0 Å². The molecule has 2 aromatic carbocycles. The minimum atomic E-state index is 0.0641. The number of benzene rings is 2. The lowest BCUT2D eigenvalue weighted by molar-refractivity contribution is -0.116. The van der Waals surface area contributed by atoms with Crippen molar-refractivity contribution in [1.29, 1.82) is 0 Å². The second-order valence-electron chi connectivity index (χ2n) is 6.21. The molecule has 2 rings (SSSR count). The van der Waals surface area contributed by atoms with E-state index in [4.69, 9.17) is 0 Å². The lowest BCUT2D eigenvalue weighted by Crippen LogP contribution is -2.22. The number of hydrogen-bond donors (Lipinski definition) is 1. The molecule has 2 aromatic rings. The van der Waals surface area contributed by atoms with Gasteiger partial charge in [-0.25, -0.2) is 0 Å². The summed E-state index contributed by atoms with van der Waals surface area (Å²) in [5, 5.41) is 3.04. The summed E-state index contributed by atoms with van der Waals surface area (Å²) in [5.74, 6) is 0.0641. The number of nitrogens with one attached hydrogen (secondary N) is 1. The van der Waals surface area contributed by atoms with Gasteiger partial charge in [-0.1, -0.05) is 29.8 Å². The van der Waals surface area contributed by atoms with Gasteiger partial charge in [0, 0.05) is 30.9 Å². The van der Waals surface area contributed by atoms with Gasteiger partial charge in [0.15, 0.2) is 0 Å². The van der Waals surface area contributed by atoms with Gasteiger partial charge in [-0.2, -0.15) is 0 Å². The molecule has 24 heavy (non-hydrogen) atoms. The number of nitrogens with zero attached hydrogens (tertiary/aromatic N) is 1. The first-order valence-corrected chi connectivity index (χ1v) is 8.74. The van der Waals surface area contributed by atoms with Crippen molar-refractivity contribution in [3.8, 4) is 0 Å². The molecule has 0 saturated carbocycles. The van der Waals surface area contributed by atoms with E-state index in [1.54, 1.807) is 0 Å². The van der Waals surface area contributed by atoms with Crippen LogP contribution in [0.25, 0.3) is 0 Å². The largest absolute Gasteiger partial charge is 0.372 e. The Labute approximate surface area is 145 Å². The van der Waals surface area contributed by atoms with E-state index in [-0.39, 0.29) is 5.91 Å². The van der Waals surface area contributed by atoms with Crippen molar-refractivity contribution in [2.45, 2.75) is 40.5 Å². The summed E-state index contributed by atoms with van der Waals surface area (Å²) in [6, 6.07) is 14.6. The predicted molar refractivity (Wildman–Crippen MR) is 103 cm³/mol. The molecule has 0 aliphatic heterocycles. The number of hydrogen-bond acceptors (Lipinski definition) is 2. The highest BCUT2D eigenvalue weighted by Gasteiger charge is 2.08. The summed E-state index contributed by atoms with van der Waals surface area (Å²) in [7, 11) is 0. The molecule has 0 bridgehead atoms. The Hall–Kier alpha value is -2.29. The second-order valence-corrected chi connectivity index (χ2v) is 6.21. The normalized spacial score (nSPS) is 10.5. The number of anilines is 2. The third kappa shape index (κ3) is 4.85. The van der Waals surface area contributed by atoms with Gasteiger partial charge in [0.1, 0.15) is 0 Å². The topological polar surface area (TPSA) is 32.3 Å². The van der Waals surface area contributed by atoms with Crippen LogP contribution in [0.4, 0.5) is 11.4 Å². The predicted octanol–water partition coefficient (Wildman–Crippen LogP) is 4.72. The molecule has 0 aliphatic rings. The molecule has 0 fully saturated rings. The van der Waals surface area contributed by atoms with Gasteiger partial charge < -0.3 is 10.2 Å². The third-order valence-electron chi connectivity index (χ3n) is 4.37. The van der Waals surface area contributed by atoms with Gasteiger partial charge in [0.05, 0.1) is 0 Å². The van der Waals surface area contributed by atoms with Crippen LogP contribution >= 0.6 is 0 Å². The zero-order chi connectivity index (χ0) is 17.5. The number of carbonyl (C=O) groups is 1. The maximum Gasteiger partial charge on any atom is 0.224 e. The van der Waals surface area contributed by atoms with E-state index in [0.29, 0.717) is 6.42 Å². The lowest BCUT2D eigenvalue weighted by atomic mass is 10.1. The highest BCUT2D eigenvalue weighted by atomic mass is 16.1. The molecule has 0 unspecified atom stereocenters. The zero-order valence-corrected chi connectivity index (χ0v) is 15.2. The zero-order valence-electron chi connectivity index (χ0n) is 15.2. The first-order valence-electron chi connectivity index (χ1n) is 8.74. The van der Waals surface area contributed by atoms with Gasteiger partial charge in [0.25, 0.3) is 0 Å². The lowest BCUT2D eigenvalue weighted by Gasteiger charge is -2.22. The summed E-state index contributed by atoms with van der Waals surface area (Å²) in [4.78, 5) is 14.5. The molecule has 0 spiro atoms. The number of carbonyl (C=O) groups excluding carboxylic acids is 1. The van der Waals surface area contributed by atoms with E-state index >= 15 is 0 Å². The Morgan fingerprint density at radius 3 is 2.25 bits per heavy atom. The smallest absolute Gasteiger partial charge is 0.224 e. The first-order chi connectivity index (χ1) is 11.5. The average Bonchev–Trinajstić information content (AvgIpc) is 2.58. The molecule has 1 amide bonds. The van der Waals surface area contributed by atoms with E-state index in [2.05, 4.69) is 67.4 Å². The van der Waals surface area contributed by atoms with Crippen molar-refractivity contribution in [3.05, 3.63) is 59.2 Å². The standard InChI is InChI=1S/C21H28N2O/c1-5-23(6-2)19-12-13-20(17(4)15-19)22-21(24)14-11-18-9-7-16(3)8-10-18/h7-10,12-13,15H,5-6,11,14H2,1-4H3,(H,22,24). The Morgan fingerprint density at radius 2 is 1.67 bits per heavy atom. The first kappa shape index (κ1) is 18.1. The summed E-state index contributed by atoms with van der Waals surface area (Å²) < 4.78 is 0. The Bertz CT molecular complexity index is 673. The van der Waals surface area contributed by atoms with Gasteiger partial charge in [-0.05, 0) is 63.4 Å². The molecule has 128 valence electrons. The Balaban J connectivity index is 1.95. The van der Waals surface area contributed by atoms with Crippen LogP contribution < -0.4 is 10.2 Å². The average molecular weight is 324 g/mol. The van der Waals surface area contributed by atoms with E-state index < -0.39 is 0 Å². The molecule has 0 atom stereocenters. The maximum absolute atomic E-state index is 12.2. The van der Waals surface area contributed by atoms with Crippen molar-refractivity contribution < 1.29 is 4.79 Å². The summed E-state index contributed by atoms with van der Waals surface area (Å²) in [5.41, 5.74) is 5.65. The fraction of sp³-hybridized carbons (Fsp3) is 0.381.